The van der Waals surface area contributed by atoms with Gasteiger partial charge in [0.05, 0.1) is 0 Å². The predicted octanol–water partition coefficient (Wildman–Crippen LogP) is 4.94. The lowest BCUT2D eigenvalue weighted by molar-refractivity contribution is -0.111. The summed E-state index contributed by atoms with van der Waals surface area (Å²) in [4.78, 5) is 11.9. The van der Waals surface area contributed by atoms with Gasteiger partial charge < -0.3 is 10.4 Å². The molecule has 0 radical (unpaired) electrons. The Bertz CT molecular complexity index is 769. The molecule has 3 nitrogen and oxygen atoms in total. The number of phenolic OH excluding ortho intramolecular Hbond substituents is 1. The van der Waals surface area contributed by atoms with Crippen LogP contribution in [0.1, 0.15) is 19.4 Å². The number of anilines is 1. The molecule has 0 heterocycles. The molecule has 0 aliphatic carbocycles. The molecule has 24 heavy (non-hydrogen) atoms. The summed E-state index contributed by atoms with van der Waals surface area (Å²) >= 11 is 0. The van der Waals surface area contributed by atoms with E-state index in [1.165, 1.54) is 23.8 Å². The number of amides is 1. The van der Waals surface area contributed by atoms with E-state index in [-0.39, 0.29) is 11.7 Å². The quantitative estimate of drug-likeness (QED) is 0.466. The van der Waals surface area contributed by atoms with Gasteiger partial charge in [-0.3, -0.25) is 4.79 Å². The molecule has 0 atom stereocenters. The molecule has 0 unspecified atom stereocenters. The van der Waals surface area contributed by atoms with Gasteiger partial charge in [-0.15, -0.1) is 0 Å². The van der Waals surface area contributed by atoms with Gasteiger partial charge in [0, 0.05) is 11.8 Å². The monoisotopic (exact) mass is 319 g/mol. The first-order valence-electron chi connectivity index (χ1n) is 7.73. The van der Waals surface area contributed by atoms with Crippen molar-refractivity contribution in [3.63, 3.8) is 0 Å². The van der Waals surface area contributed by atoms with Crippen LogP contribution in [0.15, 0.2) is 84.5 Å². The average Bonchev–Trinajstić information content (AvgIpc) is 2.57. The predicted molar refractivity (Wildman–Crippen MR) is 99.7 cm³/mol. The van der Waals surface area contributed by atoms with Gasteiger partial charge >= 0.3 is 0 Å². The molecule has 0 aliphatic heterocycles. The summed E-state index contributed by atoms with van der Waals surface area (Å²) < 4.78 is 0. The highest BCUT2D eigenvalue weighted by Crippen LogP contribution is 2.14. The van der Waals surface area contributed by atoms with Gasteiger partial charge in [-0.05, 0) is 54.8 Å². The van der Waals surface area contributed by atoms with Crippen molar-refractivity contribution in [1.29, 1.82) is 0 Å². The smallest absolute Gasteiger partial charge is 0.248 e. The summed E-state index contributed by atoms with van der Waals surface area (Å²) in [5.74, 6) is -0.0326. The molecule has 3 heteroatoms. The van der Waals surface area contributed by atoms with E-state index in [9.17, 15) is 9.90 Å². The highest BCUT2D eigenvalue weighted by atomic mass is 16.3. The number of aromatic hydroxyl groups is 1. The fraction of sp³-hybridized carbons (Fsp3) is 0.0952. The van der Waals surface area contributed by atoms with E-state index in [4.69, 9.17) is 0 Å². The Balaban J connectivity index is 1.95. The van der Waals surface area contributed by atoms with Crippen molar-refractivity contribution in [3.8, 4) is 5.75 Å². The third-order valence-electron chi connectivity index (χ3n) is 3.43. The molecular weight excluding hydrogens is 298 g/mol. The molecule has 0 saturated heterocycles. The largest absolute Gasteiger partial charge is 0.508 e. The molecule has 0 saturated carbocycles. The zero-order valence-corrected chi connectivity index (χ0v) is 13.9. The van der Waals surface area contributed by atoms with Crippen molar-refractivity contribution in [3.05, 3.63) is 90.0 Å². The highest BCUT2D eigenvalue weighted by molar-refractivity contribution is 6.00. The fourth-order valence-corrected chi connectivity index (χ4v) is 2.12. The van der Waals surface area contributed by atoms with Crippen LogP contribution in [0.2, 0.25) is 0 Å². The second-order valence-corrected chi connectivity index (χ2v) is 5.50. The van der Waals surface area contributed by atoms with E-state index in [1.54, 1.807) is 12.1 Å². The molecule has 1 amide bonds. The van der Waals surface area contributed by atoms with E-state index >= 15 is 0 Å². The number of carbonyl (C=O) groups excluding carboxylic acids is 1. The fourth-order valence-electron chi connectivity index (χ4n) is 2.12. The van der Waals surface area contributed by atoms with Crippen LogP contribution < -0.4 is 5.32 Å². The number of phenols is 1. The first-order chi connectivity index (χ1) is 11.5. The van der Waals surface area contributed by atoms with Gasteiger partial charge in [-0.25, -0.2) is 0 Å². The van der Waals surface area contributed by atoms with Crippen molar-refractivity contribution in [2.75, 3.05) is 5.32 Å². The van der Waals surface area contributed by atoms with Gasteiger partial charge in [0.1, 0.15) is 5.75 Å². The molecule has 122 valence electrons. The second-order valence-electron chi connectivity index (χ2n) is 5.50. The van der Waals surface area contributed by atoms with Gasteiger partial charge in [0.2, 0.25) is 5.91 Å². The van der Waals surface area contributed by atoms with Crippen LogP contribution in [0, 0.1) is 0 Å². The summed E-state index contributed by atoms with van der Waals surface area (Å²) in [6.45, 7) is 3.93. The zero-order valence-electron chi connectivity index (χ0n) is 13.9. The molecule has 0 aromatic heterocycles. The Labute approximate surface area is 142 Å². The maximum atomic E-state index is 11.9. The minimum Gasteiger partial charge on any atom is -0.508 e. The van der Waals surface area contributed by atoms with Crippen molar-refractivity contribution in [1.82, 2.24) is 0 Å². The van der Waals surface area contributed by atoms with Crippen molar-refractivity contribution >= 4 is 17.2 Å². The van der Waals surface area contributed by atoms with Crippen LogP contribution in [-0.4, -0.2) is 11.0 Å². The second kappa shape index (κ2) is 8.53. The van der Waals surface area contributed by atoms with Gasteiger partial charge in [0.15, 0.2) is 0 Å². The summed E-state index contributed by atoms with van der Waals surface area (Å²) in [5, 5.41) is 12.0. The van der Waals surface area contributed by atoms with E-state index in [0.717, 1.165) is 11.1 Å². The van der Waals surface area contributed by atoms with Crippen LogP contribution in [0.4, 0.5) is 5.69 Å². The maximum Gasteiger partial charge on any atom is 0.248 e. The highest BCUT2D eigenvalue weighted by Gasteiger charge is 1.98. The van der Waals surface area contributed by atoms with Crippen LogP contribution >= 0.6 is 0 Å². The third kappa shape index (κ3) is 5.61. The number of hydrogen-bond acceptors (Lipinski definition) is 2. The number of nitrogens with one attached hydrogen (secondary N) is 1. The van der Waals surface area contributed by atoms with E-state index < -0.39 is 0 Å². The Hall–Kier alpha value is -3.07. The first kappa shape index (κ1) is 17.3. The molecule has 0 bridgehead atoms. The molecule has 2 rings (SSSR count). The molecule has 0 spiro atoms. The number of allylic oxidation sites excluding steroid dienone is 5. The summed E-state index contributed by atoms with van der Waals surface area (Å²) in [6, 6.07) is 16.5. The summed E-state index contributed by atoms with van der Waals surface area (Å²) in [6.07, 6.45) is 7.38. The number of carbonyl (C=O) groups is 1. The standard InChI is InChI=1S/C21H21NO2/c1-16(7-6-8-17(2)18-9-4-3-5-10-18)15-21(24)22-19-11-13-20(23)14-12-19/h3-15,23H,1-2H3,(H,22,24)/b7-6+,16-15+,17-8+. The zero-order chi connectivity index (χ0) is 17.4. The number of rotatable bonds is 5. The van der Waals surface area contributed by atoms with Crippen molar-refractivity contribution in [2.45, 2.75) is 13.8 Å². The molecule has 2 aromatic rings. The number of benzene rings is 2. The van der Waals surface area contributed by atoms with Crippen LogP contribution in [0.25, 0.3) is 5.57 Å². The molecule has 2 aromatic carbocycles. The first-order valence-corrected chi connectivity index (χ1v) is 7.73. The Morgan fingerprint density at radius 3 is 2.33 bits per heavy atom. The normalized spacial score (nSPS) is 12.4. The van der Waals surface area contributed by atoms with Crippen molar-refractivity contribution in [2.24, 2.45) is 0 Å². The van der Waals surface area contributed by atoms with Crippen LogP contribution in [0.3, 0.4) is 0 Å². The van der Waals surface area contributed by atoms with Crippen LogP contribution in [0.5, 0.6) is 5.75 Å². The lowest BCUT2D eigenvalue weighted by Gasteiger charge is -2.02. The van der Waals surface area contributed by atoms with Gasteiger partial charge in [-0.1, -0.05) is 48.6 Å². The lowest BCUT2D eigenvalue weighted by atomic mass is 10.1. The van der Waals surface area contributed by atoms with E-state index in [1.807, 2.05) is 43.4 Å². The topological polar surface area (TPSA) is 49.3 Å². The van der Waals surface area contributed by atoms with E-state index in [0.29, 0.717) is 5.69 Å². The van der Waals surface area contributed by atoms with Gasteiger partial charge in [-0.2, -0.15) is 0 Å². The SMILES string of the molecule is CC(/C=C/C=C(\C)c1ccccc1)=C\C(=O)Nc1ccc(O)cc1. The third-order valence-corrected chi connectivity index (χ3v) is 3.43. The molecular formula is C21H21NO2. The van der Waals surface area contributed by atoms with Crippen molar-refractivity contribution < 1.29 is 9.90 Å². The molecule has 2 N–H and O–H groups in total. The van der Waals surface area contributed by atoms with Crippen LogP contribution in [-0.2, 0) is 4.79 Å². The Morgan fingerprint density at radius 2 is 1.67 bits per heavy atom. The Morgan fingerprint density at radius 1 is 1.00 bits per heavy atom. The minimum absolute atomic E-state index is 0.170. The molecule has 0 aliphatic rings. The summed E-state index contributed by atoms with van der Waals surface area (Å²) in [5.41, 5.74) is 3.83. The van der Waals surface area contributed by atoms with E-state index in [2.05, 4.69) is 24.4 Å². The summed E-state index contributed by atoms with van der Waals surface area (Å²) in [7, 11) is 0. The Kier molecular flexibility index (Phi) is 6.15. The average molecular weight is 319 g/mol. The minimum atomic E-state index is -0.202. The lowest BCUT2D eigenvalue weighted by Crippen LogP contribution is -2.08. The number of hydrogen-bond donors (Lipinski definition) is 2. The molecule has 0 fully saturated rings. The van der Waals surface area contributed by atoms with Gasteiger partial charge in [0.25, 0.3) is 0 Å². The maximum absolute atomic E-state index is 11.9.